The van der Waals surface area contributed by atoms with Crippen molar-refractivity contribution in [1.29, 1.82) is 5.26 Å². The number of nitrogens with one attached hydrogen (secondary N) is 1. The predicted molar refractivity (Wildman–Crippen MR) is 60.6 cm³/mol. The van der Waals surface area contributed by atoms with Gasteiger partial charge in [0.05, 0.1) is 5.56 Å². The summed E-state index contributed by atoms with van der Waals surface area (Å²) >= 11 is 5.93. The summed E-state index contributed by atoms with van der Waals surface area (Å²) in [6.45, 7) is 1.08. The van der Waals surface area contributed by atoms with E-state index in [-0.39, 0.29) is 0 Å². The van der Waals surface area contributed by atoms with Crippen LogP contribution < -0.4 is 11.1 Å². The Kier molecular flexibility index (Phi) is 4.61. The Morgan fingerprint density at radius 1 is 1.60 bits per heavy atom. The molecule has 1 heterocycles. The summed E-state index contributed by atoms with van der Waals surface area (Å²) in [7, 11) is 0. The van der Waals surface area contributed by atoms with Crippen molar-refractivity contribution in [2.45, 2.75) is 0 Å². The van der Waals surface area contributed by atoms with Gasteiger partial charge in [-0.05, 0) is 6.07 Å². The molecule has 0 spiro atoms. The third kappa shape index (κ3) is 3.24. The summed E-state index contributed by atoms with van der Waals surface area (Å²) < 4.78 is 0. The third-order valence-electron chi connectivity index (χ3n) is 1.70. The molecule has 78 valence electrons. The van der Waals surface area contributed by atoms with E-state index in [2.05, 4.69) is 10.3 Å². The van der Waals surface area contributed by atoms with Crippen LogP contribution in [0.5, 0.6) is 0 Å². The maximum absolute atomic E-state index is 8.73. The minimum Gasteiger partial charge on any atom is -0.365 e. The number of nitrogens with two attached hydrogens (primary N) is 1. The second kappa shape index (κ2) is 6.02. The monoisotopic (exact) mass is 222 g/mol. The van der Waals surface area contributed by atoms with Gasteiger partial charge in [-0.2, -0.15) is 5.26 Å². The first kappa shape index (κ1) is 11.5. The number of nitriles is 1. The molecule has 0 unspecified atom stereocenters. The van der Waals surface area contributed by atoms with E-state index in [0.29, 0.717) is 29.5 Å². The first-order chi connectivity index (χ1) is 7.29. The van der Waals surface area contributed by atoms with E-state index in [9.17, 15) is 0 Å². The van der Waals surface area contributed by atoms with Gasteiger partial charge in [0.2, 0.25) is 0 Å². The average molecular weight is 223 g/mol. The van der Waals surface area contributed by atoms with Crippen LogP contribution in [0, 0.1) is 11.3 Å². The molecular weight excluding hydrogens is 212 g/mol. The van der Waals surface area contributed by atoms with Gasteiger partial charge in [0.1, 0.15) is 16.9 Å². The van der Waals surface area contributed by atoms with Crippen LogP contribution in [0.1, 0.15) is 5.56 Å². The molecule has 0 atom stereocenters. The van der Waals surface area contributed by atoms with Crippen molar-refractivity contribution < 1.29 is 0 Å². The van der Waals surface area contributed by atoms with Crippen molar-refractivity contribution in [3.8, 4) is 6.07 Å². The van der Waals surface area contributed by atoms with Gasteiger partial charge in [0.25, 0.3) is 0 Å². The lowest BCUT2D eigenvalue weighted by molar-refractivity contribution is 1.19. The zero-order valence-corrected chi connectivity index (χ0v) is 8.83. The van der Waals surface area contributed by atoms with E-state index in [0.717, 1.165) is 0 Å². The second-order valence-corrected chi connectivity index (χ2v) is 3.10. The minimum atomic E-state index is 0.348. The maximum Gasteiger partial charge on any atom is 0.146 e. The van der Waals surface area contributed by atoms with Crippen molar-refractivity contribution in [2.75, 3.05) is 18.4 Å². The van der Waals surface area contributed by atoms with Crippen LogP contribution in [0.3, 0.4) is 0 Å². The van der Waals surface area contributed by atoms with Gasteiger partial charge in [0.15, 0.2) is 0 Å². The molecule has 0 bridgehead atoms. The summed E-state index contributed by atoms with van der Waals surface area (Å²) in [5, 5.41) is 12.1. The summed E-state index contributed by atoms with van der Waals surface area (Å²) in [5.74, 6) is 0.511. The fourth-order valence-corrected chi connectivity index (χ4v) is 1.21. The number of rotatable bonds is 4. The smallest absolute Gasteiger partial charge is 0.146 e. The Bertz CT molecular complexity index is 395. The minimum absolute atomic E-state index is 0.348. The van der Waals surface area contributed by atoms with Gasteiger partial charge in [-0.3, -0.25) is 0 Å². The van der Waals surface area contributed by atoms with Crippen LogP contribution in [-0.4, -0.2) is 18.1 Å². The predicted octanol–water partition coefficient (Wildman–Crippen LogP) is 1.53. The summed E-state index contributed by atoms with van der Waals surface area (Å²) in [6, 6.07) is 3.56. The highest BCUT2D eigenvalue weighted by Crippen LogP contribution is 2.22. The summed E-state index contributed by atoms with van der Waals surface area (Å²) in [6.07, 6.45) is 5.24. The topological polar surface area (TPSA) is 74.7 Å². The molecule has 5 heteroatoms. The Balaban J connectivity index is 2.70. The first-order valence-electron chi connectivity index (χ1n) is 4.43. The van der Waals surface area contributed by atoms with Crippen molar-refractivity contribution in [2.24, 2.45) is 5.73 Å². The molecule has 4 nitrogen and oxygen atoms in total. The maximum atomic E-state index is 8.73. The zero-order chi connectivity index (χ0) is 11.1. The standard InChI is InChI=1S/C10H11ClN4/c11-9-8(7-13)3-6-15-10(9)14-5-2-1-4-12/h1-3,6H,4-5,12H2,(H,14,15)/b2-1+. The highest BCUT2D eigenvalue weighted by Gasteiger charge is 2.05. The Labute approximate surface area is 93.4 Å². The van der Waals surface area contributed by atoms with Crippen LogP contribution in [0.2, 0.25) is 5.02 Å². The number of halogens is 1. The molecular formula is C10H11ClN4. The van der Waals surface area contributed by atoms with Gasteiger partial charge in [-0.25, -0.2) is 4.98 Å². The van der Waals surface area contributed by atoms with Crippen LogP contribution in [0.25, 0.3) is 0 Å². The molecule has 15 heavy (non-hydrogen) atoms. The van der Waals surface area contributed by atoms with E-state index in [1.807, 2.05) is 18.2 Å². The largest absolute Gasteiger partial charge is 0.365 e. The van der Waals surface area contributed by atoms with Crippen LogP contribution in [-0.2, 0) is 0 Å². The number of pyridine rings is 1. The summed E-state index contributed by atoms with van der Waals surface area (Å²) in [4.78, 5) is 4.03. The number of aromatic nitrogens is 1. The Hall–Kier alpha value is -1.57. The fourth-order valence-electron chi connectivity index (χ4n) is 0.988. The molecule has 1 aromatic rings. The van der Waals surface area contributed by atoms with E-state index >= 15 is 0 Å². The molecule has 0 amide bonds. The van der Waals surface area contributed by atoms with Crippen molar-refractivity contribution in [1.82, 2.24) is 4.98 Å². The van der Waals surface area contributed by atoms with Crippen LogP contribution in [0.15, 0.2) is 24.4 Å². The van der Waals surface area contributed by atoms with E-state index in [4.69, 9.17) is 22.6 Å². The lowest BCUT2D eigenvalue weighted by Crippen LogP contribution is -2.03. The van der Waals surface area contributed by atoms with Gasteiger partial charge >= 0.3 is 0 Å². The molecule has 0 aliphatic heterocycles. The van der Waals surface area contributed by atoms with Crippen molar-refractivity contribution in [3.05, 3.63) is 35.0 Å². The first-order valence-corrected chi connectivity index (χ1v) is 4.81. The summed E-state index contributed by atoms with van der Waals surface area (Å²) in [5.41, 5.74) is 5.70. The average Bonchev–Trinajstić information content (AvgIpc) is 2.26. The van der Waals surface area contributed by atoms with Crippen molar-refractivity contribution in [3.63, 3.8) is 0 Å². The molecule has 0 aliphatic rings. The molecule has 0 radical (unpaired) electrons. The second-order valence-electron chi connectivity index (χ2n) is 2.72. The number of hydrogen-bond acceptors (Lipinski definition) is 4. The normalized spacial score (nSPS) is 10.2. The third-order valence-corrected chi connectivity index (χ3v) is 2.08. The lowest BCUT2D eigenvalue weighted by atomic mass is 10.3. The number of nitrogens with zero attached hydrogens (tertiary/aromatic N) is 2. The molecule has 1 rings (SSSR count). The number of hydrogen-bond donors (Lipinski definition) is 2. The molecule has 0 fully saturated rings. The Morgan fingerprint density at radius 2 is 2.40 bits per heavy atom. The zero-order valence-electron chi connectivity index (χ0n) is 8.07. The van der Waals surface area contributed by atoms with E-state index in [1.54, 1.807) is 12.3 Å². The SMILES string of the molecule is N#Cc1ccnc(NC/C=C/CN)c1Cl. The molecule has 1 aromatic heterocycles. The van der Waals surface area contributed by atoms with Gasteiger partial charge in [-0.15, -0.1) is 0 Å². The highest BCUT2D eigenvalue weighted by molar-refractivity contribution is 6.34. The van der Waals surface area contributed by atoms with E-state index in [1.165, 1.54) is 0 Å². The van der Waals surface area contributed by atoms with E-state index < -0.39 is 0 Å². The van der Waals surface area contributed by atoms with Crippen LogP contribution in [0.4, 0.5) is 5.82 Å². The van der Waals surface area contributed by atoms with Gasteiger partial charge < -0.3 is 11.1 Å². The fraction of sp³-hybridized carbons (Fsp3) is 0.200. The van der Waals surface area contributed by atoms with Gasteiger partial charge in [-0.1, -0.05) is 23.8 Å². The number of anilines is 1. The molecule has 0 saturated heterocycles. The lowest BCUT2D eigenvalue weighted by Gasteiger charge is -2.04. The van der Waals surface area contributed by atoms with Gasteiger partial charge in [0, 0.05) is 19.3 Å². The Morgan fingerprint density at radius 3 is 3.07 bits per heavy atom. The highest BCUT2D eigenvalue weighted by atomic mass is 35.5. The van der Waals surface area contributed by atoms with Crippen LogP contribution >= 0.6 is 11.6 Å². The quantitative estimate of drug-likeness (QED) is 0.758. The molecule has 0 aromatic carbocycles. The molecule has 0 saturated carbocycles. The molecule has 3 N–H and O–H groups in total. The molecule has 0 aliphatic carbocycles. The van der Waals surface area contributed by atoms with Crippen molar-refractivity contribution >= 4 is 17.4 Å².